The van der Waals surface area contributed by atoms with Crippen molar-refractivity contribution in [3.05, 3.63) is 12.2 Å². The van der Waals surface area contributed by atoms with Crippen LogP contribution < -0.4 is 0 Å². The Balaban J connectivity index is 3.96. The zero-order valence-electron chi connectivity index (χ0n) is 4.57. The Morgan fingerprint density at radius 2 is 1.67 bits per heavy atom. The van der Waals surface area contributed by atoms with Crippen molar-refractivity contribution >= 4 is 0 Å². The average molecular weight is 117 g/mol. The SMILES string of the molecule is N#CC=CC(C#N)C#N. The van der Waals surface area contributed by atoms with Crippen LogP contribution in [0.25, 0.3) is 0 Å². The molecule has 0 aliphatic heterocycles. The summed E-state index contributed by atoms with van der Waals surface area (Å²) in [5, 5.41) is 24.2. The molecule has 0 radical (unpaired) electrons. The van der Waals surface area contributed by atoms with Gasteiger partial charge in [0.05, 0.1) is 18.2 Å². The zero-order valence-corrected chi connectivity index (χ0v) is 4.57. The van der Waals surface area contributed by atoms with Gasteiger partial charge in [-0.15, -0.1) is 0 Å². The van der Waals surface area contributed by atoms with Crippen LogP contribution in [-0.4, -0.2) is 0 Å². The largest absolute Gasteiger partial charge is 0.197 e. The van der Waals surface area contributed by atoms with Crippen molar-refractivity contribution in [3.8, 4) is 18.2 Å². The summed E-state index contributed by atoms with van der Waals surface area (Å²) in [5.41, 5.74) is 0. The molecule has 0 aromatic carbocycles. The summed E-state index contributed by atoms with van der Waals surface area (Å²) < 4.78 is 0. The standard InChI is InChI=1S/C6H3N3/c7-3-1-2-6(4-8)5-9/h1-2,6H. The smallest absolute Gasteiger partial charge is 0.152 e. The highest BCUT2D eigenvalue weighted by Crippen LogP contribution is 1.91. The van der Waals surface area contributed by atoms with Crippen LogP contribution >= 0.6 is 0 Å². The normalized spacial score (nSPS) is 8.22. The fourth-order valence-electron chi connectivity index (χ4n) is 0.254. The molecule has 0 heterocycles. The first kappa shape index (κ1) is 7.21. The van der Waals surface area contributed by atoms with Gasteiger partial charge in [-0.25, -0.2) is 0 Å². The van der Waals surface area contributed by atoms with Gasteiger partial charge in [0, 0.05) is 6.08 Å². The van der Waals surface area contributed by atoms with Crippen LogP contribution in [0.15, 0.2) is 12.2 Å². The molecular formula is C6H3N3. The molecule has 0 amide bonds. The fourth-order valence-corrected chi connectivity index (χ4v) is 0.254. The lowest BCUT2D eigenvalue weighted by atomic mass is 10.2. The molecule has 3 heteroatoms. The third kappa shape index (κ3) is 2.85. The van der Waals surface area contributed by atoms with Gasteiger partial charge < -0.3 is 0 Å². The van der Waals surface area contributed by atoms with Crippen molar-refractivity contribution in [2.75, 3.05) is 0 Å². The Morgan fingerprint density at radius 3 is 2.00 bits per heavy atom. The molecule has 0 bridgehead atoms. The molecule has 3 nitrogen and oxygen atoms in total. The molecule has 0 aliphatic rings. The van der Waals surface area contributed by atoms with Crippen molar-refractivity contribution in [1.29, 1.82) is 15.8 Å². The molecule has 0 unspecified atom stereocenters. The van der Waals surface area contributed by atoms with E-state index in [0.717, 1.165) is 6.08 Å². The van der Waals surface area contributed by atoms with Crippen LogP contribution in [0.1, 0.15) is 0 Å². The highest BCUT2D eigenvalue weighted by molar-refractivity contribution is 5.16. The average Bonchev–Trinajstić information content (AvgIpc) is 1.91. The number of hydrogen-bond acceptors (Lipinski definition) is 3. The Bertz CT molecular complexity index is 206. The van der Waals surface area contributed by atoms with Crippen LogP contribution in [0.4, 0.5) is 0 Å². The lowest BCUT2D eigenvalue weighted by molar-refractivity contribution is 1.09. The maximum atomic E-state index is 8.12. The second kappa shape index (κ2) is 4.37. The van der Waals surface area contributed by atoms with Crippen molar-refractivity contribution < 1.29 is 0 Å². The van der Waals surface area contributed by atoms with Crippen molar-refractivity contribution in [1.82, 2.24) is 0 Å². The van der Waals surface area contributed by atoms with Crippen LogP contribution in [0.2, 0.25) is 0 Å². The number of nitrogens with zero attached hydrogens (tertiary/aromatic N) is 3. The van der Waals surface area contributed by atoms with E-state index in [9.17, 15) is 0 Å². The molecule has 0 aromatic heterocycles. The first-order valence-electron chi connectivity index (χ1n) is 2.20. The van der Waals surface area contributed by atoms with E-state index in [4.69, 9.17) is 15.8 Å². The minimum absolute atomic E-state index is 0.787. The number of hydrogen-bond donors (Lipinski definition) is 0. The van der Waals surface area contributed by atoms with Gasteiger partial charge in [-0.1, -0.05) is 0 Å². The van der Waals surface area contributed by atoms with Crippen LogP contribution in [-0.2, 0) is 0 Å². The summed E-state index contributed by atoms with van der Waals surface area (Å²) in [6.07, 6.45) is 2.37. The lowest BCUT2D eigenvalue weighted by Crippen LogP contribution is -1.83. The van der Waals surface area contributed by atoms with Gasteiger partial charge >= 0.3 is 0 Å². The fraction of sp³-hybridized carbons (Fsp3) is 0.167. The molecular weight excluding hydrogens is 114 g/mol. The highest BCUT2D eigenvalue weighted by Gasteiger charge is 1.95. The van der Waals surface area contributed by atoms with E-state index >= 15 is 0 Å². The topological polar surface area (TPSA) is 71.4 Å². The Kier molecular flexibility index (Phi) is 3.50. The van der Waals surface area contributed by atoms with Gasteiger partial charge in [-0.2, -0.15) is 15.8 Å². The summed E-state index contributed by atoms with van der Waals surface area (Å²) in [6, 6.07) is 5.06. The highest BCUT2D eigenvalue weighted by atomic mass is 14.3. The lowest BCUT2D eigenvalue weighted by Gasteiger charge is -1.79. The summed E-state index contributed by atoms with van der Waals surface area (Å²) in [7, 11) is 0. The van der Waals surface area contributed by atoms with E-state index in [2.05, 4.69) is 0 Å². The van der Waals surface area contributed by atoms with Gasteiger partial charge in [0.25, 0.3) is 0 Å². The van der Waals surface area contributed by atoms with Crippen LogP contribution in [0.5, 0.6) is 0 Å². The second-order valence-corrected chi connectivity index (χ2v) is 1.22. The number of nitriles is 3. The zero-order chi connectivity index (χ0) is 7.11. The predicted octanol–water partition coefficient (Wildman–Crippen LogP) is 0.730. The van der Waals surface area contributed by atoms with Gasteiger partial charge in [0.2, 0.25) is 0 Å². The molecule has 0 fully saturated rings. The molecule has 0 aromatic rings. The maximum Gasteiger partial charge on any atom is 0.152 e. The van der Waals surface area contributed by atoms with E-state index in [1.54, 1.807) is 18.2 Å². The van der Waals surface area contributed by atoms with Crippen molar-refractivity contribution in [2.45, 2.75) is 0 Å². The molecule has 0 spiro atoms. The van der Waals surface area contributed by atoms with Gasteiger partial charge in [-0.3, -0.25) is 0 Å². The molecule has 0 aliphatic carbocycles. The number of allylic oxidation sites excluding steroid dienone is 2. The van der Waals surface area contributed by atoms with E-state index in [1.807, 2.05) is 0 Å². The Labute approximate surface area is 53.1 Å². The van der Waals surface area contributed by atoms with Crippen molar-refractivity contribution in [2.24, 2.45) is 5.92 Å². The molecule has 42 valence electrons. The first-order chi connectivity index (χ1) is 4.35. The van der Waals surface area contributed by atoms with Gasteiger partial charge in [0.15, 0.2) is 5.92 Å². The molecule has 0 saturated heterocycles. The minimum atomic E-state index is -0.787. The first-order valence-corrected chi connectivity index (χ1v) is 2.20. The molecule has 0 atom stereocenters. The third-order valence-corrected chi connectivity index (χ3v) is 0.641. The quantitative estimate of drug-likeness (QED) is 0.475. The summed E-state index contributed by atoms with van der Waals surface area (Å²) >= 11 is 0. The van der Waals surface area contributed by atoms with E-state index < -0.39 is 5.92 Å². The molecule has 9 heavy (non-hydrogen) atoms. The van der Waals surface area contributed by atoms with E-state index in [0.29, 0.717) is 0 Å². The predicted molar refractivity (Wildman–Crippen MR) is 29.5 cm³/mol. The van der Waals surface area contributed by atoms with Crippen LogP contribution in [0.3, 0.4) is 0 Å². The monoisotopic (exact) mass is 117 g/mol. The summed E-state index contributed by atoms with van der Waals surface area (Å²) in [4.78, 5) is 0. The Hall–Kier alpha value is -1.79. The number of rotatable bonds is 1. The van der Waals surface area contributed by atoms with Crippen LogP contribution in [0, 0.1) is 39.9 Å². The summed E-state index contributed by atoms with van der Waals surface area (Å²) in [6.45, 7) is 0. The molecule has 0 saturated carbocycles. The van der Waals surface area contributed by atoms with E-state index in [-0.39, 0.29) is 0 Å². The summed E-state index contributed by atoms with van der Waals surface area (Å²) in [5.74, 6) is -0.787. The second-order valence-electron chi connectivity index (χ2n) is 1.22. The molecule has 0 rings (SSSR count). The van der Waals surface area contributed by atoms with E-state index in [1.165, 1.54) is 6.08 Å². The Morgan fingerprint density at radius 1 is 1.11 bits per heavy atom. The third-order valence-electron chi connectivity index (χ3n) is 0.641. The van der Waals surface area contributed by atoms with Gasteiger partial charge in [0.1, 0.15) is 0 Å². The molecule has 0 N–H and O–H groups in total. The maximum absolute atomic E-state index is 8.12. The van der Waals surface area contributed by atoms with Crippen molar-refractivity contribution in [3.63, 3.8) is 0 Å². The van der Waals surface area contributed by atoms with Gasteiger partial charge in [-0.05, 0) is 6.08 Å². The minimum Gasteiger partial charge on any atom is -0.197 e.